The zero-order valence-corrected chi connectivity index (χ0v) is 15.2. The van der Waals surface area contributed by atoms with Crippen molar-refractivity contribution in [3.8, 4) is 0 Å². The van der Waals surface area contributed by atoms with Crippen LogP contribution in [0.25, 0.3) is 0 Å². The molecule has 0 radical (unpaired) electrons. The Labute approximate surface area is 150 Å². The lowest BCUT2D eigenvalue weighted by molar-refractivity contribution is -0.153. The van der Waals surface area contributed by atoms with Gasteiger partial charge in [-0.15, -0.1) is 11.6 Å². The number of ether oxygens (including phenoxy) is 1. The van der Waals surface area contributed by atoms with Gasteiger partial charge in [-0.2, -0.15) is 0 Å². The van der Waals surface area contributed by atoms with Gasteiger partial charge in [-0.3, -0.25) is 4.79 Å². The second-order valence-corrected chi connectivity index (χ2v) is 7.22. The molecule has 2 aliphatic rings. The first-order valence-corrected chi connectivity index (χ1v) is 9.55. The summed E-state index contributed by atoms with van der Waals surface area (Å²) in [4.78, 5) is 12.1. The van der Waals surface area contributed by atoms with Crippen molar-refractivity contribution >= 4 is 17.6 Å². The first-order valence-electron chi connectivity index (χ1n) is 9.11. The number of carbonyl (C=O) groups is 1. The summed E-state index contributed by atoms with van der Waals surface area (Å²) >= 11 is 6.30. The predicted molar refractivity (Wildman–Crippen MR) is 97.9 cm³/mol. The minimum Gasteiger partial charge on any atom is -0.462 e. The monoisotopic (exact) mass is 352 g/mol. The van der Waals surface area contributed by atoms with Crippen LogP contribution in [-0.4, -0.2) is 28.7 Å². The maximum atomic E-state index is 12.1. The summed E-state index contributed by atoms with van der Waals surface area (Å²) in [6.45, 7) is 2.02. The van der Waals surface area contributed by atoms with Crippen LogP contribution in [0.5, 0.6) is 0 Å². The molecule has 24 heavy (non-hydrogen) atoms. The van der Waals surface area contributed by atoms with E-state index in [1.54, 1.807) is 0 Å². The average molecular weight is 353 g/mol. The number of esters is 1. The lowest BCUT2D eigenvalue weighted by Crippen LogP contribution is -2.31. The van der Waals surface area contributed by atoms with Gasteiger partial charge in [-0.25, -0.2) is 0 Å². The van der Waals surface area contributed by atoms with Gasteiger partial charge in [0.2, 0.25) is 0 Å². The van der Waals surface area contributed by atoms with Gasteiger partial charge in [-0.05, 0) is 38.5 Å². The summed E-state index contributed by atoms with van der Waals surface area (Å²) < 4.78 is 5.73. The van der Waals surface area contributed by atoms with E-state index in [9.17, 15) is 9.90 Å². The topological polar surface area (TPSA) is 46.5 Å². The molecule has 2 rings (SSSR count). The van der Waals surface area contributed by atoms with Gasteiger partial charge in [0.05, 0.1) is 11.5 Å². The molecular formula is C20H29ClO3. The third kappa shape index (κ3) is 5.49. The summed E-state index contributed by atoms with van der Waals surface area (Å²) in [6.07, 6.45) is 17.2. The number of hydrogen-bond acceptors (Lipinski definition) is 3. The number of hydrogen-bond donors (Lipinski definition) is 1. The molecule has 1 N–H and O–H groups in total. The predicted octanol–water partition coefficient (Wildman–Crippen LogP) is 4.55. The maximum Gasteiger partial charge on any atom is 0.306 e. The Morgan fingerprint density at radius 2 is 1.92 bits per heavy atom. The van der Waals surface area contributed by atoms with Gasteiger partial charge in [0.15, 0.2) is 0 Å². The molecule has 0 saturated heterocycles. The van der Waals surface area contributed by atoms with Crippen molar-refractivity contribution in [2.75, 3.05) is 0 Å². The van der Waals surface area contributed by atoms with E-state index in [1.165, 1.54) is 0 Å². The zero-order chi connectivity index (χ0) is 17.4. The minimum atomic E-state index is -0.577. The van der Waals surface area contributed by atoms with Crippen molar-refractivity contribution in [1.29, 1.82) is 0 Å². The van der Waals surface area contributed by atoms with Crippen LogP contribution in [0.1, 0.15) is 51.9 Å². The molecule has 0 aromatic carbocycles. The number of halogens is 1. The van der Waals surface area contributed by atoms with E-state index in [2.05, 4.69) is 36.5 Å². The third-order valence-corrected chi connectivity index (χ3v) is 5.34. The summed E-state index contributed by atoms with van der Waals surface area (Å²) in [5.74, 6) is -0.103. The van der Waals surface area contributed by atoms with E-state index in [0.717, 1.165) is 32.1 Å². The fourth-order valence-corrected chi connectivity index (χ4v) is 3.95. The van der Waals surface area contributed by atoms with Gasteiger partial charge in [-0.1, -0.05) is 43.4 Å². The molecule has 0 unspecified atom stereocenters. The van der Waals surface area contributed by atoms with Gasteiger partial charge in [0.25, 0.3) is 0 Å². The highest BCUT2D eigenvalue weighted by molar-refractivity contribution is 6.21. The van der Waals surface area contributed by atoms with Crippen LogP contribution in [0.15, 0.2) is 36.5 Å². The lowest BCUT2D eigenvalue weighted by Gasteiger charge is -2.27. The maximum absolute atomic E-state index is 12.1. The van der Waals surface area contributed by atoms with Gasteiger partial charge >= 0.3 is 5.97 Å². The number of allylic oxidation sites excluding steroid dienone is 5. The van der Waals surface area contributed by atoms with E-state index in [0.29, 0.717) is 12.8 Å². The van der Waals surface area contributed by atoms with Crippen LogP contribution in [0.2, 0.25) is 0 Å². The highest BCUT2D eigenvalue weighted by atomic mass is 35.5. The van der Waals surface area contributed by atoms with Gasteiger partial charge in [0, 0.05) is 18.3 Å². The summed E-state index contributed by atoms with van der Waals surface area (Å²) in [6, 6.07) is 0. The highest BCUT2D eigenvalue weighted by Crippen LogP contribution is 2.40. The number of aliphatic hydroxyl groups is 1. The molecule has 1 saturated carbocycles. The molecular weight excluding hydrogens is 324 g/mol. The molecule has 1 aliphatic heterocycles. The second kappa shape index (κ2) is 10.0. The molecule has 5 atom stereocenters. The molecule has 1 aliphatic carbocycles. The average Bonchev–Trinajstić information content (AvgIpc) is 2.84. The Balaban J connectivity index is 2.14. The summed E-state index contributed by atoms with van der Waals surface area (Å²) in [5, 5.41) is 10.1. The molecule has 1 fully saturated rings. The van der Waals surface area contributed by atoms with Crippen molar-refractivity contribution in [3.05, 3.63) is 36.5 Å². The molecule has 0 bridgehead atoms. The Morgan fingerprint density at radius 3 is 2.67 bits per heavy atom. The van der Waals surface area contributed by atoms with Crippen LogP contribution in [0.3, 0.4) is 0 Å². The fourth-order valence-electron chi connectivity index (χ4n) is 3.57. The largest absolute Gasteiger partial charge is 0.462 e. The smallest absolute Gasteiger partial charge is 0.306 e. The van der Waals surface area contributed by atoms with Crippen molar-refractivity contribution in [2.24, 2.45) is 11.8 Å². The van der Waals surface area contributed by atoms with E-state index in [-0.39, 0.29) is 29.3 Å². The SMILES string of the molecule is CC[C@@H]1OC(=O)CCC/C=C\C/C=C/C/C=C\[C@H]2[C@@H](O)[C@H](Cl)C[C@H]21. The summed E-state index contributed by atoms with van der Waals surface area (Å²) in [5.41, 5.74) is 0. The van der Waals surface area contributed by atoms with Crippen LogP contribution in [0.4, 0.5) is 0 Å². The molecule has 0 spiro atoms. The fraction of sp³-hybridized carbons (Fsp3) is 0.650. The lowest BCUT2D eigenvalue weighted by atomic mass is 9.88. The van der Waals surface area contributed by atoms with Crippen molar-refractivity contribution in [1.82, 2.24) is 0 Å². The molecule has 1 heterocycles. The molecule has 0 amide bonds. The number of rotatable bonds is 1. The number of fused-ring (bicyclic) bond motifs is 1. The van der Waals surface area contributed by atoms with Gasteiger partial charge < -0.3 is 9.84 Å². The first kappa shape index (κ1) is 19.3. The van der Waals surface area contributed by atoms with Crippen LogP contribution >= 0.6 is 11.6 Å². The highest BCUT2D eigenvalue weighted by Gasteiger charge is 2.44. The Bertz CT molecular complexity index is 483. The molecule has 3 nitrogen and oxygen atoms in total. The Hall–Kier alpha value is -1.06. The van der Waals surface area contributed by atoms with E-state index in [1.807, 2.05) is 6.92 Å². The third-order valence-electron chi connectivity index (χ3n) is 4.91. The standard InChI is InChI=1S/C20H29ClO3/c1-2-18-16-14-17(21)20(23)15(16)12-10-8-6-4-3-5-7-9-11-13-19(22)24-18/h4-7,10,12,15-18,20,23H,2-3,8-9,11,13-14H2,1H3/b6-4+,7-5-,12-10-/t15-,16-,17-,18+,20-/m1/s1. The van der Waals surface area contributed by atoms with Crippen LogP contribution in [-0.2, 0) is 9.53 Å². The number of aliphatic hydroxyl groups excluding tert-OH is 1. The first-order chi connectivity index (χ1) is 11.6. The Morgan fingerprint density at radius 1 is 1.21 bits per heavy atom. The zero-order valence-electron chi connectivity index (χ0n) is 14.4. The number of carbonyl (C=O) groups excluding carboxylic acids is 1. The summed E-state index contributed by atoms with van der Waals surface area (Å²) in [7, 11) is 0. The number of alkyl halides is 1. The van der Waals surface area contributed by atoms with Crippen molar-refractivity contribution in [2.45, 2.75) is 69.5 Å². The van der Waals surface area contributed by atoms with E-state index in [4.69, 9.17) is 16.3 Å². The normalized spacial score (nSPS) is 39.6. The quantitative estimate of drug-likeness (QED) is 0.428. The Kier molecular flexibility index (Phi) is 8.07. The van der Waals surface area contributed by atoms with Crippen LogP contribution < -0.4 is 0 Å². The molecule has 0 aromatic heterocycles. The molecule has 134 valence electrons. The van der Waals surface area contributed by atoms with E-state index >= 15 is 0 Å². The van der Waals surface area contributed by atoms with Crippen molar-refractivity contribution < 1.29 is 14.6 Å². The van der Waals surface area contributed by atoms with Crippen molar-refractivity contribution in [3.63, 3.8) is 0 Å². The van der Waals surface area contributed by atoms with E-state index < -0.39 is 6.10 Å². The van der Waals surface area contributed by atoms with Crippen LogP contribution in [0, 0.1) is 11.8 Å². The minimum absolute atomic E-state index is 0.0496. The second-order valence-electron chi connectivity index (χ2n) is 6.65. The molecule has 0 aromatic rings. The van der Waals surface area contributed by atoms with Gasteiger partial charge in [0.1, 0.15) is 6.10 Å². The number of cyclic esters (lactones) is 1. The molecule has 4 heteroatoms.